The summed E-state index contributed by atoms with van der Waals surface area (Å²) in [5, 5.41) is 3.68. The highest BCUT2D eigenvalue weighted by atomic mass is 35.5. The highest BCUT2D eigenvalue weighted by molar-refractivity contribution is 7.18. The zero-order valence-electron chi connectivity index (χ0n) is 19.9. The molecule has 0 fully saturated rings. The fourth-order valence-corrected chi connectivity index (χ4v) is 5.31. The van der Waals surface area contributed by atoms with E-state index in [4.69, 9.17) is 11.6 Å². The SMILES string of the molecule is CCc1cc2c(=O)n(-c3cccc(Cl)c3)c(=O)n(CC(=O)Nc3ccc(N(CC)CC)cc3)c2s1. The molecule has 7 nitrogen and oxygen atoms in total. The Morgan fingerprint density at radius 3 is 2.37 bits per heavy atom. The summed E-state index contributed by atoms with van der Waals surface area (Å²) in [7, 11) is 0. The van der Waals surface area contributed by atoms with Crippen LogP contribution in [0.3, 0.4) is 0 Å². The van der Waals surface area contributed by atoms with Crippen molar-refractivity contribution in [3.8, 4) is 5.69 Å². The monoisotopic (exact) mass is 510 g/mol. The van der Waals surface area contributed by atoms with Crippen molar-refractivity contribution in [1.82, 2.24) is 9.13 Å². The number of amides is 1. The van der Waals surface area contributed by atoms with Crippen LogP contribution < -0.4 is 21.5 Å². The van der Waals surface area contributed by atoms with Gasteiger partial charge in [0.1, 0.15) is 11.4 Å². The Morgan fingerprint density at radius 1 is 1.03 bits per heavy atom. The summed E-state index contributed by atoms with van der Waals surface area (Å²) >= 11 is 7.47. The highest BCUT2D eigenvalue weighted by Crippen LogP contribution is 2.24. The number of halogens is 1. The molecule has 1 amide bonds. The van der Waals surface area contributed by atoms with E-state index in [2.05, 4.69) is 24.1 Å². The van der Waals surface area contributed by atoms with Crippen molar-refractivity contribution in [1.29, 1.82) is 0 Å². The van der Waals surface area contributed by atoms with Gasteiger partial charge in [-0.2, -0.15) is 0 Å². The third kappa shape index (κ3) is 5.04. The number of aryl methyl sites for hydroxylation is 1. The van der Waals surface area contributed by atoms with Crippen LogP contribution in [0.5, 0.6) is 0 Å². The Morgan fingerprint density at radius 2 is 1.74 bits per heavy atom. The maximum Gasteiger partial charge on any atom is 0.337 e. The number of hydrogen-bond acceptors (Lipinski definition) is 5. The van der Waals surface area contributed by atoms with Gasteiger partial charge < -0.3 is 10.2 Å². The first-order chi connectivity index (χ1) is 16.9. The van der Waals surface area contributed by atoms with Gasteiger partial charge >= 0.3 is 5.69 Å². The summed E-state index contributed by atoms with van der Waals surface area (Å²) in [6, 6.07) is 16.0. The van der Waals surface area contributed by atoms with Crippen LogP contribution in [-0.4, -0.2) is 28.1 Å². The van der Waals surface area contributed by atoms with Crippen molar-refractivity contribution in [3.05, 3.63) is 85.3 Å². The third-order valence-corrected chi connectivity index (χ3v) is 7.40. The van der Waals surface area contributed by atoms with Gasteiger partial charge in [0.2, 0.25) is 5.91 Å². The van der Waals surface area contributed by atoms with E-state index >= 15 is 0 Å². The molecule has 2 aromatic heterocycles. The molecule has 0 unspecified atom stereocenters. The Hall–Kier alpha value is -3.36. The number of nitrogens with zero attached hydrogens (tertiary/aromatic N) is 3. The average Bonchev–Trinajstić information content (AvgIpc) is 3.29. The van der Waals surface area contributed by atoms with Crippen molar-refractivity contribution in [2.75, 3.05) is 23.3 Å². The van der Waals surface area contributed by atoms with E-state index in [0.29, 0.717) is 26.6 Å². The molecule has 2 heterocycles. The normalized spacial score (nSPS) is 11.1. The number of fused-ring (bicyclic) bond motifs is 1. The lowest BCUT2D eigenvalue weighted by Crippen LogP contribution is -2.40. The minimum Gasteiger partial charge on any atom is -0.372 e. The van der Waals surface area contributed by atoms with E-state index in [1.165, 1.54) is 15.9 Å². The summed E-state index contributed by atoms with van der Waals surface area (Å²) in [5.41, 5.74) is 1.07. The molecule has 9 heteroatoms. The predicted octanol–water partition coefficient (Wildman–Crippen LogP) is 4.91. The van der Waals surface area contributed by atoms with Crippen LogP contribution in [-0.2, 0) is 17.8 Å². The van der Waals surface area contributed by atoms with Crippen molar-refractivity contribution in [2.45, 2.75) is 33.7 Å². The van der Waals surface area contributed by atoms with Gasteiger partial charge in [-0.1, -0.05) is 24.6 Å². The Bertz CT molecular complexity index is 1480. The van der Waals surface area contributed by atoms with Crippen LogP contribution >= 0.6 is 22.9 Å². The number of rotatable bonds is 8. The number of carbonyl (C=O) groups excluding carboxylic acids is 1. The summed E-state index contributed by atoms with van der Waals surface area (Å²) < 4.78 is 2.44. The third-order valence-electron chi connectivity index (χ3n) is 5.86. The summed E-state index contributed by atoms with van der Waals surface area (Å²) in [4.78, 5) is 43.4. The van der Waals surface area contributed by atoms with E-state index in [1.807, 2.05) is 31.2 Å². The largest absolute Gasteiger partial charge is 0.372 e. The minimum atomic E-state index is -0.582. The molecule has 182 valence electrons. The topological polar surface area (TPSA) is 76.3 Å². The second kappa shape index (κ2) is 10.5. The molecule has 0 atom stereocenters. The van der Waals surface area contributed by atoms with E-state index in [-0.39, 0.29) is 12.5 Å². The molecule has 4 rings (SSSR count). The number of anilines is 2. The molecule has 35 heavy (non-hydrogen) atoms. The molecule has 0 aliphatic heterocycles. The molecule has 2 aromatic carbocycles. The van der Waals surface area contributed by atoms with Gasteiger partial charge in [0.15, 0.2) is 0 Å². The molecule has 0 aliphatic rings. The summed E-state index contributed by atoms with van der Waals surface area (Å²) in [6.07, 6.45) is 0.717. The number of aromatic nitrogens is 2. The molecular formula is C26H27ClN4O3S. The van der Waals surface area contributed by atoms with E-state index < -0.39 is 11.2 Å². The van der Waals surface area contributed by atoms with Gasteiger partial charge in [0.25, 0.3) is 5.56 Å². The van der Waals surface area contributed by atoms with Gasteiger partial charge in [-0.25, -0.2) is 9.36 Å². The highest BCUT2D eigenvalue weighted by Gasteiger charge is 2.19. The molecule has 1 N–H and O–H groups in total. The van der Waals surface area contributed by atoms with Crippen LogP contribution in [0.2, 0.25) is 5.02 Å². The first-order valence-corrected chi connectivity index (χ1v) is 12.7. The first-order valence-electron chi connectivity index (χ1n) is 11.5. The lowest BCUT2D eigenvalue weighted by atomic mass is 10.2. The fourth-order valence-electron chi connectivity index (χ4n) is 4.04. The molecule has 0 saturated heterocycles. The standard InChI is InChI=1S/C26H27ClN4O3S/c1-4-21-15-22-24(33)31(20-9-7-8-17(27)14-20)26(34)30(25(22)35-21)16-23(32)28-18-10-12-19(13-11-18)29(5-2)6-3/h7-15H,4-6,16H2,1-3H3,(H,28,32). The molecular weight excluding hydrogens is 484 g/mol. The molecule has 0 aliphatic carbocycles. The van der Waals surface area contributed by atoms with Crippen molar-refractivity contribution in [3.63, 3.8) is 0 Å². The van der Waals surface area contributed by atoms with Crippen molar-refractivity contribution >= 4 is 50.4 Å². The van der Waals surface area contributed by atoms with Gasteiger partial charge in [-0.05, 0) is 68.8 Å². The molecule has 0 radical (unpaired) electrons. The van der Waals surface area contributed by atoms with E-state index in [9.17, 15) is 14.4 Å². The molecule has 0 spiro atoms. The molecule has 0 bridgehead atoms. The van der Waals surface area contributed by atoms with Gasteiger partial charge in [0.05, 0.1) is 11.1 Å². The van der Waals surface area contributed by atoms with Gasteiger partial charge in [-0.15, -0.1) is 11.3 Å². The summed E-state index contributed by atoms with van der Waals surface area (Å²) in [6.45, 7) is 7.73. The maximum absolute atomic E-state index is 13.5. The predicted molar refractivity (Wildman–Crippen MR) is 145 cm³/mol. The van der Waals surface area contributed by atoms with E-state index in [1.54, 1.807) is 30.3 Å². The number of carbonyl (C=O) groups is 1. The van der Waals surface area contributed by atoms with Crippen LogP contribution in [0.1, 0.15) is 25.6 Å². The number of benzene rings is 2. The smallest absolute Gasteiger partial charge is 0.337 e. The number of nitrogens with one attached hydrogen (secondary N) is 1. The number of thiophene rings is 1. The van der Waals surface area contributed by atoms with Crippen molar-refractivity contribution in [2.24, 2.45) is 0 Å². The fraction of sp³-hybridized carbons (Fsp3) is 0.269. The van der Waals surface area contributed by atoms with Gasteiger partial charge in [-0.3, -0.25) is 14.2 Å². The van der Waals surface area contributed by atoms with Crippen LogP contribution in [0.15, 0.2) is 64.2 Å². The quantitative estimate of drug-likeness (QED) is 0.365. The van der Waals surface area contributed by atoms with E-state index in [0.717, 1.165) is 34.6 Å². The van der Waals surface area contributed by atoms with Crippen LogP contribution in [0.25, 0.3) is 15.9 Å². The average molecular weight is 511 g/mol. The zero-order chi connectivity index (χ0) is 25.1. The second-order valence-electron chi connectivity index (χ2n) is 8.04. The summed E-state index contributed by atoms with van der Waals surface area (Å²) in [5.74, 6) is -0.355. The molecule has 0 saturated carbocycles. The van der Waals surface area contributed by atoms with Crippen molar-refractivity contribution < 1.29 is 4.79 Å². The minimum absolute atomic E-state index is 0.225. The number of hydrogen-bond donors (Lipinski definition) is 1. The first kappa shape index (κ1) is 24.8. The molecule has 4 aromatic rings. The zero-order valence-corrected chi connectivity index (χ0v) is 21.4. The lowest BCUT2D eigenvalue weighted by molar-refractivity contribution is -0.116. The van der Waals surface area contributed by atoms with Gasteiger partial charge in [0, 0.05) is 34.4 Å². The van der Waals surface area contributed by atoms with Crippen LogP contribution in [0, 0.1) is 0 Å². The Kier molecular flexibility index (Phi) is 7.42. The lowest BCUT2D eigenvalue weighted by Gasteiger charge is -2.21. The van der Waals surface area contributed by atoms with Crippen LogP contribution in [0.4, 0.5) is 11.4 Å². The maximum atomic E-state index is 13.5. The second-order valence-corrected chi connectivity index (χ2v) is 9.59. The Balaban J connectivity index is 1.72. The Labute approximate surface area is 212 Å².